The molecule has 0 atom stereocenters. The highest BCUT2D eigenvalue weighted by Crippen LogP contribution is 2.37. The molecule has 3 rings (SSSR count). The summed E-state index contributed by atoms with van der Waals surface area (Å²) >= 11 is 6.15. The van der Waals surface area contributed by atoms with Crippen molar-refractivity contribution in [2.45, 2.75) is 13.0 Å². The van der Waals surface area contributed by atoms with Crippen LogP contribution in [0, 0.1) is 0 Å². The molecule has 2 heterocycles. The van der Waals surface area contributed by atoms with E-state index in [0.29, 0.717) is 42.0 Å². The van der Waals surface area contributed by atoms with Gasteiger partial charge in [0.1, 0.15) is 13.2 Å². The molecule has 0 bridgehead atoms. The minimum atomic E-state index is -0.311. The molecule has 0 saturated heterocycles. The third kappa shape index (κ3) is 4.07. The van der Waals surface area contributed by atoms with Gasteiger partial charge in [0, 0.05) is 37.6 Å². The zero-order valence-electron chi connectivity index (χ0n) is 12.4. The number of aromatic nitrogens is 2. The standard InChI is InChI=1S/C15H17ClN4O3/c16-11-8-13-14(23-7-6-22-13)9-12(11)19-15(21)18-2-1-4-20-5-3-17-10-20/h3,5,8-10H,1-2,4,6-7H2,(H2,18,19,21). The van der Waals surface area contributed by atoms with Crippen LogP contribution in [0.1, 0.15) is 6.42 Å². The summed E-state index contributed by atoms with van der Waals surface area (Å²) in [4.78, 5) is 15.9. The van der Waals surface area contributed by atoms with E-state index in [1.54, 1.807) is 24.7 Å². The molecule has 0 spiro atoms. The molecule has 1 aromatic carbocycles. The van der Waals surface area contributed by atoms with E-state index in [4.69, 9.17) is 21.1 Å². The van der Waals surface area contributed by atoms with Crippen molar-refractivity contribution in [3.05, 3.63) is 35.9 Å². The lowest BCUT2D eigenvalue weighted by atomic mass is 10.2. The first-order valence-electron chi connectivity index (χ1n) is 7.32. The van der Waals surface area contributed by atoms with Gasteiger partial charge in [0.2, 0.25) is 0 Å². The normalized spacial score (nSPS) is 12.7. The number of fused-ring (bicyclic) bond motifs is 1. The first kappa shape index (κ1) is 15.5. The van der Waals surface area contributed by atoms with Gasteiger partial charge in [-0.25, -0.2) is 9.78 Å². The average Bonchev–Trinajstić information content (AvgIpc) is 3.06. The second kappa shape index (κ2) is 7.23. The second-order valence-electron chi connectivity index (χ2n) is 5.01. The number of aryl methyl sites for hydroxylation is 1. The van der Waals surface area contributed by atoms with Gasteiger partial charge in [-0.3, -0.25) is 0 Å². The number of nitrogens with zero attached hydrogens (tertiary/aromatic N) is 2. The summed E-state index contributed by atoms with van der Waals surface area (Å²) in [5, 5.41) is 5.91. The van der Waals surface area contributed by atoms with E-state index in [9.17, 15) is 4.79 Å². The Balaban J connectivity index is 1.49. The van der Waals surface area contributed by atoms with Gasteiger partial charge in [-0.2, -0.15) is 0 Å². The molecule has 2 aromatic rings. The highest BCUT2D eigenvalue weighted by molar-refractivity contribution is 6.34. The van der Waals surface area contributed by atoms with E-state index in [-0.39, 0.29) is 6.03 Å². The zero-order valence-corrected chi connectivity index (χ0v) is 13.2. The zero-order chi connectivity index (χ0) is 16.1. The van der Waals surface area contributed by atoms with E-state index < -0.39 is 0 Å². The molecule has 2 amide bonds. The number of carbonyl (C=O) groups is 1. The van der Waals surface area contributed by atoms with Gasteiger partial charge >= 0.3 is 6.03 Å². The number of benzene rings is 1. The number of carbonyl (C=O) groups excluding carboxylic acids is 1. The average molecular weight is 337 g/mol. The lowest BCUT2D eigenvalue weighted by molar-refractivity contribution is 0.171. The first-order chi connectivity index (χ1) is 11.2. The SMILES string of the molecule is O=C(NCCCn1ccnc1)Nc1cc2c(cc1Cl)OCCO2. The van der Waals surface area contributed by atoms with Gasteiger partial charge in [0.15, 0.2) is 11.5 Å². The first-order valence-corrected chi connectivity index (χ1v) is 7.70. The number of hydrogen-bond acceptors (Lipinski definition) is 4. The summed E-state index contributed by atoms with van der Waals surface area (Å²) in [6, 6.07) is 3.00. The molecule has 0 radical (unpaired) electrons. The summed E-state index contributed by atoms with van der Waals surface area (Å²) < 4.78 is 12.9. The van der Waals surface area contributed by atoms with Crippen LogP contribution in [-0.4, -0.2) is 35.3 Å². The number of halogens is 1. The van der Waals surface area contributed by atoms with Crippen LogP contribution in [-0.2, 0) is 6.54 Å². The molecular weight excluding hydrogens is 320 g/mol. The topological polar surface area (TPSA) is 77.4 Å². The van der Waals surface area contributed by atoms with Crippen LogP contribution in [0.5, 0.6) is 11.5 Å². The van der Waals surface area contributed by atoms with Crippen LogP contribution in [0.25, 0.3) is 0 Å². The number of imidazole rings is 1. The third-order valence-corrected chi connectivity index (χ3v) is 3.63. The number of hydrogen-bond donors (Lipinski definition) is 2. The summed E-state index contributed by atoms with van der Waals surface area (Å²) in [6.07, 6.45) is 6.16. The van der Waals surface area contributed by atoms with Gasteiger partial charge < -0.3 is 24.7 Å². The van der Waals surface area contributed by atoms with Crippen LogP contribution in [0.3, 0.4) is 0 Å². The van der Waals surface area contributed by atoms with Gasteiger partial charge in [0.25, 0.3) is 0 Å². The van der Waals surface area contributed by atoms with Crippen molar-refractivity contribution >= 4 is 23.3 Å². The fraction of sp³-hybridized carbons (Fsp3) is 0.333. The molecule has 122 valence electrons. The fourth-order valence-electron chi connectivity index (χ4n) is 2.21. The smallest absolute Gasteiger partial charge is 0.319 e. The van der Waals surface area contributed by atoms with E-state index >= 15 is 0 Å². The molecule has 23 heavy (non-hydrogen) atoms. The van der Waals surface area contributed by atoms with Crippen molar-refractivity contribution in [1.82, 2.24) is 14.9 Å². The number of nitrogens with one attached hydrogen (secondary N) is 2. The van der Waals surface area contributed by atoms with Crippen LogP contribution >= 0.6 is 11.6 Å². The Morgan fingerprint density at radius 3 is 2.83 bits per heavy atom. The van der Waals surface area contributed by atoms with E-state index in [1.165, 1.54) is 0 Å². The maximum atomic E-state index is 11.9. The van der Waals surface area contributed by atoms with Crippen molar-refractivity contribution in [2.24, 2.45) is 0 Å². The van der Waals surface area contributed by atoms with Crippen LogP contribution in [0.15, 0.2) is 30.9 Å². The minimum Gasteiger partial charge on any atom is -0.486 e. The number of rotatable bonds is 5. The van der Waals surface area contributed by atoms with Crippen molar-refractivity contribution in [2.75, 3.05) is 25.1 Å². The molecular formula is C15H17ClN4O3. The monoisotopic (exact) mass is 336 g/mol. The minimum absolute atomic E-state index is 0.311. The highest BCUT2D eigenvalue weighted by atomic mass is 35.5. The molecule has 2 N–H and O–H groups in total. The molecule has 1 aromatic heterocycles. The Labute approximate surface area is 138 Å². The Hall–Kier alpha value is -2.41. The van der Waals surface area contributed by atoms with Crippen molar-refractivity contribution < 1.29 is 14.3 Å². The summed E-state index contributed by atoms with van der Waals surface area (Å²) in [6.45, 7) is 2.32. The Morgan fingerprint density at radius 1 is 1.30 bits per heavy atom. The molecule has 7 nitrogen and oxygen atoms in total. The molecule has 0 aliphatic carbocycles. The van der Waals surface area contributed by atoms with Crippen LogP contribution in [0.4, 0.5) is 10.5 Å². The molecule has 8 heteroatoms. The van der Waals surface area contributed by atoms with Gasteiger partial charge in [-0.1, -0.05) is 11.6 Å². The van der Waals surface area contributed by atoms with Crippen molar-refractivity contribution in [3.63, 3.8) is 0 Å². The maximum Gasteiger partial charge on any atom is 0.319 e. The van der Waals surface area contributed by atoms with Crippen molar-refractivity contribution in [3.8, 4) is 11.5 Å². The van der Waals surface area contributed by atoms with Gasteiger partial charge in [-0.15, -0.1) is 0 Å². The van der Waals surface area contributed by atoms with E-state index in [1.807, 2.05) is 10.8 Å². The Kier molecular flexibility index (Phi) is 4.87. The van der Waals surface area contributed by atoms with E-state index in [0.717, 1.165) is 13.0 Å². The third-order valence-electron chi connectivity index (χ3n) is 3.32. The number of ether oxygens (including phenoxy) is 2. The second-order valence-corrected chi connectivity index (χ2v) is 5.42. The lowest BCUT2D eigenvalue weighted by Crippen LogP contribution is -2.30. The quantitative estimate of drug-likeness (QED) is 0.822. The summed E-state index contributed by atoms with van der Waals surface area (Å²) in [5.74, 6) is 1.17. The Morgan fingerprint density at radius 2 is 2.09 bits per heavy atom. The van der Waals surface area contributed by atoms with Gasteiger partial charge in [-0.05, 0) is 6.42 Å². The van der Waals surface area contributed by atoms with Crippen LogP contribution < -0.4 is 20.1 Å². The van der Waals surface area contributed by atoms with Crippen LogP contribution in [0.2, 0.25) is 5.02 Å². The predicted molar refractivity (Wildman–Crippen MR) is 86.3 cm³/mol. The molecule has 0 saturated carbocycles. The maximum absolute atomic E-state index is 11.9. The van der Waals surface area contributed by atoms with E-state index in [2.05, 4.69) is 15.6 Å². The molecule has 1 aliphatic rings. The molecule has 0 unspecified atom stereocenters. The largest absolute Gasteiger partial charge is 0.486 e. The summed E-state index contributed by atoms with van der Waals surface area (Å²) in [7, 11) is 0. The summed E-state index contributed by atoms with van der Waals surface area (Å²) in [5.41, 5.74) is 0.489. The Bertz CT molecular complexity index is 676. The molecule has 1 aliphatic heterocycles. The molecule has 0 fully saturated rings. The lowest BCUT2D eigenvalue weighted by Gasteiger charge is -2.20. The van der Waals surface area contributed by atoms with Gasteiger partial charge in [0.05, 0.1) is 17.0 Å². The number of anilines is 1. The number of amides is 2. The fourth-order valence-corrected chi connectivity index (χ4v) is 2.41. The van der Waals surface area contributed by atoms with Crippen molar-refractivity contribution in [1.29, 1.82) is 0 Å². The number of urea groups is 1. The predicted octanol–water partition coefficient (Wildman–Crippen LogP) is 2.52. The highest BCUT2D eigenvalue weighted by Gasteiger charge is 2.16.